The third-order valence-electron chi connectivity index (χ3n) is 6.27. The second-order valence-corrected chi connectivity index (χ2v) is 10.3. The predicted octanol–water partition coefficient (Wildman–Crippen LogP) is 4.96. The predicted molar refractivity (Wildman–Crippen MR) is 114 cm³/mol. The van der Waals surface area contributed by atoms with Gasteiger partial charge in [0.15, 0.2) is 9.84 Å². The Kier molecular flexibility index (Phi) is 6.12. The second-order valence-electron chi connectivity index (χ2n) is 8.32. The Morgan fingerprint density at radius 2 is 1.72 bits per heavy atom. The van der Waals surface area contributed by atoms with Crippen molar-refractivity contribution in [2.45, 2.75) is 74.4 Å². The summed E-state index contributed by atoms with van der Waals surface area (Å²) in [5.74, 6) is 6.83. The van der Waals surface area contributed by atoms with Crippen LogP contribution in [0, 0.1) is 11.8 Å². The van der Waals surface area contributed by atoms with E-state index in [1.54, 1.807) is 24.7 Å². The maximum Gasteiger partial charge on any atom is 0.175 e. The van der Waals surface area contributed by atoms with Gasteiger partial charge in [-0.15, -0.1) is 0 Å². The fourth-order valence-corrected chi connectivity index (χ4v) is 5.46. The maximum atomic E-state index is 11.8. The summed E-state index contributed by atoms with van der Waals surface area (Å²) in [6, 6.07) is 10.5. The molecule has 154 valence electrons. The van der Waals surface area contributed by atoms with Crippen molar-refractivity contribution in [3.05, 3.63) is 54.0 Å². The van der Waals surface area contributed by atoms with E-state index in [1.807, 2.05) is 18.2 Å². The summed E-state index contributed by atoms with van der Waals surface area (Å²) < 4.78 is 28.9. The van der Waals surface area contributed by atoms with E-state index in [1.165, 1.54) is 43.9 Å². The topological polar surface area (TPSA) is 50.5 Å². The lowest BCUT2D eigenvalue weighted by Gasteiger charge is -2.46. The van der Waals surface area contributed by atoms with E-state index in [-0.39, 0.29) is 6.04 Å². The first-order valence-electron chi connectivity index (χ1n) is 10.6. The van der Waals surface area contributed by atoms with Crippen molar-refractivity contribution in [2.24, 2.45) is 0 Å². The summed E-state index contributed by atoms with van der Waals surface area (Å²) >= 11 is 0. The van der Waals surface area contributed by atoms with Crippen molar-refractivity contribution in [1.82, 2.24) is 4.90 Å². The van der Waals surface area contributed by atoms with E-state index >= 15 is 0 Å². The molecule has 1 aromatic heterocycles. The van der Waals surface area contributed by atoms with Gasteiger partial charge in [0.2, 0.25) is 0 Å². The molecule has 2 heterocycles. The van der Waals surface area contributed by atoms with Gasteiger partial charge >= 0.3 is 0 Å². The van der Waals surface area contributed by atoms with Crippen LogP contribution in [0.5, 0.6) is 0 Å². The molecule has 2 aliphatic rings. The number of benzene rings is 1. The van der Waals surface area contributed by atoms with Crippen LogP contribution in [0.25, 0.3) is 0 Å². The third kappa shape index (κ3) is 4.76. The first-order valence-corrected chi connectivity index (χ1v) is 12.5. The summed E-state index contributed by atoms with van der Waals surface area (Å²) in [4.78, 5) is 3.03. The molecule has 1 aromatic carbocycles. The largest absolute Gasteiger partial charge is 0.471 e. The molecule has 2 unspecified atom stereocenters. The van der Waals surface area contributed by atoms with Gasteiger partial charge in [-0.3, -0.25) is 4.90 Å². The SMILES string of the molecule is CS(=O)(=O)c1ccc(C2CCCC(C#Cc3ccoc3)N2C2CCCCC2)cc1. The van der Waals surface area contributed by atoms with Gasteiger partial charge in [0, 0.05) is 18.3 Å². The molecule has 5 heteroatoms. The molecule has 0 radical (unpaired) electrons. The van der Waals surface area contributed by atoms with E-state index in [4.69, 9.17) is 4.42 Å². The minimum Gasteiger partial charge on any atom is -0.471 e. The van der Waals surface area contributed by atoms with E-state index < -0.39 is 9.84 Å². The molecule has 1 saturated heterocycles. The summed E-state index contributed by atoms with van der Waals surface area (Å²) in [7, 11) is -3.17. The minimum atomic E-state index is -3.17. The van der Waals surface area contributed by atoms with Crippen molar-refractivity contribution < 1.29 is 12.8 Å². The van der Waals surface area contributed by atoms with Crippen LogP contribution >= 0.6 is 0 Å². The Morgan fingerprint density at radius 3 is 2.38 bits per heavy atom. The number of furan rings is 1. The summed E-state index contributed by atoms with van der Waals surface area (Å²) in [6.07, 6.45) is 14.3. The minimum absolute atomic E-state index is 0.223. The molecule has 4 rings (SSSR count). The smallest absolute Gasteiger partial charge is 0.175 e. The first kappa shape index (κ1) is 20.3. The molecule has 0 spiro atoms. The summed E-state index contributed by atoms with van der Waals surface area (Å²) in [5.41, 5.74) is 2.13. The van der Waals surface area contributed by atoms with Gasteiger partial charge < -0.3 is 4.42 Å². The van der Waals surface area contributed by atoms with Crippen LogP contribution < -0.4 is 0 Å². The number of nitrogens with zero attached hydrogens (tertiary/aromatic N) is 1. The zero-order chi connectivity index (χ0) is 20.3. The monoisotopic (exact) mass is 411 g/mol. The second kappa shape index (κ2) is 8.77. The van der Waals surface area contributed by atoms with Gasteiger partial charge in [0.25, 0.3) is 0 Å². The van der Waals surface area contributed by atoms with Crippen molar-refractivity contribution in [2.75, 3.05) is 6.26 Å². The molecule has 2 aromatic rings. The number of rotatable bonds is 3. The Hall–Kier alpha value is -2.03. The molecular weight excluding hydrogens is 382 g/mol. The first-order chi connectivity index (χ1) is 14.0. The van der Waals surface area contributed by atoms with Gasteiger partial charge in [-0.2, -0.15) is 0 Å². The molecule has 0 bridgehead atoms. The van der Waals surface area contributed by atoms with Gasteiger partial charge in [0.05, 0.1) is 22.8 Å². The fourth-order valence-electron chi connectivity index (χ4n) is 4.83. The lowest BCUT2D eigenvalue weighted by atomic mass is 9.85. The number of sulfone groups is 1. The molecule has 0 N–H and O–H groups in total. The van der Waals surface area contributed by atoms with Crippen molar-refractivity contribution in [3.63, 3.8) is 0 Å². The van der Waals surface area contributed by atoms with Crippen LogP contribution in [-0.4, -0.2) is 31.7 Å². The Labute approximate surface area is 174 Å². The molecule has 2 fully saturated rings. The Bertz CT molecular complexity index is 961. The Balaban J connectivity index is 1.65. The van der Waals surface area contributed by atoms with Crippen molar-refractivity contribution in [3.8, 4) is 11.8 Å². The molecule has 0 amide bonds. The molecule has 29 heavy (non-hydrogen) atoms. The standard InChI is InChI=1S/C24H29NO3S/c1-29(26,27)23-14-11-20(12-15-23)24-9-5-8-22(13-10-19-16-17-28-18-19)25(24)21-6-3-2-4-7-21/h11-12,14-18,21-22,24H,2-9H2,1H3. The highest BCUT2D eigenvalue weighted by Crippen LogP contribution is 2.39. The fraction of sp³-hybridized carbons (Fsp3) is 0.500. The van der Waals surface area contributed by atoms with Crippen LogP contribution in [0.3, 0.4) is 0 Å². The van der Waals surface area contributed by atoms with Gasteiger partial charge in [-0.1, -0.05) is 43.2 Å². The molecule has 2 atom stereocenters. The molecule has 1 saturated carbocycles. The number of hydrogen-bond donors (Lipinski definition) is 0. The quantitative estimate of drug-likeness (QED) is 0.670. The Morgan fingerprint density at radius 1 is 0.966 bits per heavy atom. The van der Waals surface area contributed by atoms with E-state index in [0.29, 0.717) is 17.0 Å². The summed E-state index contributed by atoms with van der Waals surface area (Å²) in [5, 5.41) is 0. The number of likely N-dealkylation sites (tertiary alicyclic amines) is 1. The molecule has 1 aliphatic heterocycles. The van der Waals surface area contributed by atoms with Gasteiger partial charge in [0.1, 0.15) is 6.26 Å². The van der Waals surface area contributed by atoms with Crippen LogP contribution in [0.15, 0.2) is 52.2 Å². The third-order valence-corrected chi connectivity index (χ3v) is 7.40. The number of hydrogen-bond acceptors (Lipinski definition) is 4. The molecule has 4 nitrogen and oxygen atoms in total. The van der Waals surface area contributed by atoms with E-state index in [2.05, 4.69) is 16.7 Å². The van der Waals surface area contributed by atoms with Crippen molar-refractivity contribution >= 4 is 9.84 Å². The van der Waals surface area contributed by atoms with E-state index in [0.717, 1.165) is 24.8 Å². The highest BCUT2D eigenvalue weighted by atomic mass is 32.2. The summed E-state index contributed by atoms with van der Waals surface area (Å²) in [6.45, 7) is 0. The number of piperidine rings is 1. The zero-order valence-electron chi connectivity index (χ0n) is 17.0. The van der Waals surface area contributed by atoms with Crippen LogP contribution in [0.4, 0.5) is 0 Å². The van der Waals surface area contributed by atoms with Gasteiger partial charge in [-0.25, -0.2) is 8.42 Å². The molecule has 1 aliphatic carbocycles. The average molecular weight is 412 g/mol. The average Bonchev–Trinajstić information content (AvgIpc) is 3.26. The zero-order valence-corrected chi connectivity index (χ0v) is 17.8. The lowest BCUT2D eigenvalue weighted by molar-refractivity contribution is 0.0441. The normalized spacial score (nSPS) is 24.0. The lowest BCUT2D eigenvalue weighted by Crippen LogP contribution is -2.48. The van der Waals surface area contributed by atoms with Crippen LogP contribution in [-0.2, 0) is 9.84 Å². The van der Waals surface area contributed by atoms with Crippen LogP contribution in [0.1, 0.15) is 68.5 Å². The van der Waals surface area contributed by atoms with Gasteiger partial charge in [-0.05, 0) is 55.9 Å². The van der Waals surface area contributed by atoms with Crippen LogP contribution in [0.2, 0.25) is 0 Å². The maximum absolute atomic E-state index is 11.8. The highest BCUT2D eigenvalue weighted by Gasteiger charge is 2.36. The van der Waals surface area contributed by atoms with E-state index in [9.17, 15) is 8.42 Å². The highest BCUT2D eigenvalue weighted by molar-refractivity contribution is 7.90. The molecular formula is C24H29NO3S. The van der Waals surface area contributed by atoms with Crippen molar-refractivity contribution in [1.29, 1.82) is 0 Å².